The van der Waals surface area contributed by atoms with Gasteiger partial charge in [-0.05, 0) is 60.2 Å². The van der Waals surface area contributed by atoms with Crippen molar-refractivity contribution in [3.05, 3.63) is 174 Å². The van der Waals surface area contributed by atoms with Crippen LogP contribution in [0.3, 0.4) is 0 Å². The molecular formula is C45H27N5O3. The molecule has 0 amide bonds. The first-order valence-electron chi connectivity index (χ1n) is 17.2. The number of hydrogen-bond donors (Lipinski definition) is 0. The molecule has 0 aliphatic heterocycles. The number of aromatic nitrogens is 4. The Morgan fingerprint density at radius 3 is 1.74 bits per heavy atom. The van der Waals surface area contributed by atoms with E-state index in [2.05, 4.69) is 47.0 Å². The number of nitro groups is 1. The monoisotopic (exact) mass is 685 g/mol. The molecule has 0 saturated heterocycles. The molecule has 10 rings (SSSR count). The lowest BCUT2D eigenvalue weighted by Crippen LogP contribution is -2.02. The zero-order valence-electron chi connectivity index (χ0n) is 28.0. The van der Waals surface area contributed by atoms with Crippen molar-refractivity contribution in [2.45, 2.75) is 0 Å². The van der Waals surface area contributed by atoms with E-state index in [4.69, 9.17) is 19.4 Å². The zero-order valence-corrected chi connectivity index (χ0v) is 28.0. The average molecular weight is 686 g/mol. The lowest BCUT2D eigenvalue weighted by atomic mass is 9.99. The normalized spacial score (nSPS) is 11.5. The number of fused-ring (bicyclic) bond motifs is 6. The number of furan rings is 1. The molecule has 0 unspecified atom stereocenters. The first-order chi connectivity index (χ1) is 26.1. The van der Waals surface area contributed by atoms with Gasteiger partial charge in [-0.15, -0.1) is 0 Å². The molecule has 0 atom stereocenters. The molecule has 53 heavy (non-hydrogen) atoms. The van der Waals surface area contributed by atoms with E-state index in [9.17, 15) is 10.1 Å². The van der Waals surface area contributed by atoms with E-state index in [0.29, 0.717) is 17.5 Å². The highest BCUT2D eigenvalue weighted by molar-refractivity contribution is 6.17. The Morgan fingerprint density at radius 1 is 0.472 bits per heavy atom. The van der Waals surface area contributed by atoms with Crippen molar-refractivity contribution >= 4 is 49.4 Å². The number of nitro benzene ring substituents is 1. The number of nitrogens with zero attached hydrogens (tertiary/aromatic N) is 5. The van der Waals surface area contributed by atoms with Crippen LogP contribution in [-0.2, 0) is 0 Å². The molecule has 0 bridgehead atoms. The number of benzene rings is 7. The predicted octanol–water partition coefficient (Wildman–Crippen LogP) is 11.4. The Hall–Kier alpha value is -7.45. The Morgan fingerprint density at radius 2 is 1.06 bits per heavy atom. The third-order valence-electron chi connectivity index (χ3n) is 9.76. The fraction of sp³-hybridized carbons (Fsp3) is 0. The summed E-state index contributed by atoms with van der Waals surface area (Å²) in [5, 5.41) is 15.9. The highest BCUT2D eigenvalue weighted by Crippen LogP contribution is 2.41. The Labute approximate surface area is 302 Å². The van der Waals surface area contributed by atoms with Crippen LogP contribution < -0.4 is 0 Å². The van der Waals surface area contributed by atoms with E-state index >= 15 is 0 Å². The summed E-state index contributed by atoms with van der Waals surface area (Å²) < 4.78 is 8.58. The van der Waals surface area contributed by atoms with E-state index in [-0.39, 0.29) is 10.6 Å². The number of para-hydroxylation sites is 2. The molecule has 250 valence electrons. The van der Waals surface area contributed by atoms with Crippen LogP contribution in [0, 0.1) is 10.1 Å². The van der Waals surface area contributed by atoms with Crippen molar-refractivity contribution in [1.29, 1.82) is 0 Å². The lowest BCUT2D eigenvalue weighted by Gasteiger charge is -2.16. The Balaban J connectivity index is 1.25. The van der Waals surface area contributed by atoms with Gasteiger partial charge in [-0.25, -0.2) is 15.0 Å². The van der Waals surface area contributed by atoms with Crippen molar-refractivity contribution < 1.29 is 9.34 Å². The predicted molar refractivity (Wildman–Crippen MR) is 210 cm³/mol. The summed E-state index contributed by atoms with van der Waals surface area (Å²) in [6, 6.07) is 53.4. The van der Waals surface area contributed by atoms with Gasteiger partial charge in [-0.3, -0.25) is 10.1 Å². The van der Waals surface area contributed by atoms with Crippen LogP contribution in [0.2, 0.25) is 0 Å². The third kappa shape index (κ3) is 5.12. The minimum atomic E-state index is -0.379. The molecule has 0 N–H and O–H groups in total. The van der Waals surface area contributed by atoms with E-state index in [1.54, 1.807) is 24.3 Å². The standard InChI is InChI=1S/C45H27N5O3/c51-50(52)32-22-19-28(20-23-32)35-25-31(45-47-43(29-11-3-1-4-12-29)46-44(48-45)30-13-5-2-6-14-30)21-24-39(35)49-38-17-9-7-15-33(38)36-27-42-37(26-40(36)49)34-16-8-10-18-41(34)53-42/h1-27H. The van der Waals surface area contributed by atoms with Crippen LogP contribution in [0.4, 0.5) is 5.69 Å². The van der Waals surface area contributed by atoms with Crippen LogP contribution >= 0.6 is 0 Å². The van der Waals surface area contributed by atoms with E-state index in [1.807, 2.05) is 97.1 Å². The number of hydrogen-bond acceptors (Lipinski definition) is 6. The second-order valence-corrected chi connectivity index (χ2v) is 12.9. The van der Waals surface area contributed by atoms with Crippen LogP contribution in [0.25, 0.3) is 94.7 Å². The summed E-state index contributed by atoms with van der Waals surface area (Å²) in [5.74, 6) is 1.64. The topological polar surface area (TPSA) is 99.9 Å². The smallest absolute Gasteiger partial charge is 0.269 e. The summed E-state index contributed by atoms with van der Waals surface area (Å²) >= 11 is 0. The third-order valence-corrected chi connectivity index (χ3v) is 9.76. The second kappa shape index (κ2) is 12.1. The molecule has 7 aromatic carbocycles. The molecular weight excluding hydrogens is 659 g/mol. The maximum absolute atomic E-state index is 11.7. The van der Waals surface area contributed by atoms with Crippen LogP contribution in [0.5, 0.6) is 0 Å². The van der Waals surface area contributed by atoms with E-state index < -0.39 is 0 Å². The van der Waals surface area contributed by atoms with Crippen molar-refractivity contribution in [2.75, 3.05) is 0 Å². The van der Waals surface area contributed by atoms with Crippen LogP contribution in [0.15, 0.2) is 168 Å². The van der Waals surface area contributed by atoms with Gasteiger partial charge in [0.25, 0.3) is 5.69 Å². The Bertz CT molecular complexity index is 2970. The van der Waals surface area contributed by atoms with Gasteiger partial charge in [0.2, 0.25) is 0 Å². The first-order valence-corrected chi connectivity index (χ1v) is 17.2. The molecule has 0 saturated carbocycles. The van der Waals surface area contributed by atoms with Crippen LogP contribution in [0.1, 0.15) is 0 Å². The van der Waals surface area contributed by atoms with Crippen molar-refractivity contribution in [1.82, 2.24) is 19.5 Å². The molecule has 10 aromatic rings. The molecule has 8 nitrogen and oxygen atoms in total. The molecule has 0 fully saturated rings. The first kappa shape index (κ1) is 30.4. The molecule has 8 heteroatoms. The van der Waals surface area contributed by atoms with Gasteiger partial charge in [0.1, 0.15) is 11.2 Å². The number of rotatable bonds is 6. The van der Waals surface area contributed by atoms with Gasteiger partial charge in [0.15, 0.2) is 17.5 Å². The molecule has 0 radical (unpaired) electrons. The minimum absolute atomic E-state index is 0.0232. The average Bonchev–Trinajstić information content (AvgIpc) is 3.75. The Kier molecular flexibility index (Phi) is 6.94. The summed E-state index contributed by atoms with van der Waals surface area (Å²) in [7, 11) is 0. The highest BCUT2D eigenvalue weighted by atomic mass is 16.6. The number of non-ortho nitro benzene ring substituents is 1. The van der Waals surface area contributed by atoms with Crippen molar-refractivity contribution in [3.8, 4) is 51.0 Å². The second-order valence-electron chi connectivity index (χ2n) is 12.9. The van der Waals surface area contributed by atoms with Crippen LogP contribution in [-0.4, -0.2) is 24.4 Å². The van der Waals surface area contributed by atoms with Crippen molar-refractivity contribution in [3.63, 3.8) is 0 Å². The summed E-state index contributed by atoms with van der Waals surface area (Å²) in [6.45, 7) is 0. The minimum Gasteiger partial charge on any atom is -0.456 e. The quantitative estimate of drug-likeness (QED) is 0.128. The molecule has 0 spiro atoms. The van der Waals surface area contributed by atoms with Crippen molar-refractivity contribution in [2.24, 2.45) is 0 Å². The van der Waals surface area contributed by atoms with Gasteiger partial charge < -0.3 is 8.98 Å². The fourth-order valence-electron chi connectivity index (χ4n) is 7.25. The maximum atomic E-state index is 11.7. The lowest BCUT2D eigenvalue weighted by molar-refractivity contribution is -0.384. The zero-order chi connectivity index (χ0) is 35.5. The summed E-state index contributed by atoms with van der Waals surface area (Å²) in [6.07, 6.45) is 0. The van der Waals surface area contributed by atoms with Gasteiger partial charge in [-0.1, -0.05) is 97.1 Å². The molecule has 0 aliphatic rings. The molecule has 3 heterocycles. The largest absolute Gasteiger partial charge is 0.456 e. The summed E-state index contributed by atoms with van der Waals surface area (Å²) in [5.41, 5.74) is 8.84. The van der Waals surface area contributed by atoms with E-state index in [0.717, 1.165) is 77.2 Å². The summed E-state index contributed by atoms with van der Waals surface area (Å²) in [4.78, 5) is 26.2. The SMILES string of the molecule is O=[N+]([O-])c1ccc(-c2cc(-c3nc(-c4ccccc4)nc(-c4ccccc4)n3)ccc2-n2c3ccccc3c3cc4oc5ccccc5c4cc32)cc1. The fourth-order valence-corrected chi connectivity index (χ4v) is 7.25. The van der Waals surface area contributed by atoms with E-state index in [1.165, 1.54) is 0 Å². The highest BCUT2D eigenvalue weighted by Gasteiger charge is 2.21. The van der Waals surface area contributed by atoms with Gasteiger partial charge >= 0.3 is 0 Å². The van der Waals surface area contributed by atoms with Gasteiger partial charge in [0, 0.05) is 55.9 Å². The van der Waals surface area contributed by atoms with Gasteiger partial charge in [-0.2, -0.15) is 0 Å². The molecule has 3 aromatic heterocycles. The molecule has 0 aliphatic carbocycles. The van der Waals surface area contributed by atoms with Gasteiger partial charge in [0.05, 0.1) is 21.6 Å². The maximum Gasteiger partial charge on any atom is 0.269 e.